The number of hydrogen-bond donors (Lipinski definition) is 1. The number of anilines is 1. The molecule has 1 aliphatic heterocycles. The number of nitrogens with one attached hydrogen (secondary N) is 1. The Bertz CT molecular complexity index is 716. The highest BCUT2D eigenvalue weighted by atomic mass is 16.2. The fourth-order valence-electron chi connectivity index (χ4n) is 2.96. The first-order valence-electron chi connectivity index (χ1n) is 8.27. The molecular weight excluding hydrogens is 302 g/mol. The number of aromatic nitrogens is 1. The zero-order valence-corrected chi connectivity index (χ0v) is 13.6. The van der Waals surface area contributed by atoms with E-state index in [1.165, 1.54) is 17.4 Å². The van der Waals surface area contributed by atoms with Crippen molar-refractivity contribution in [3.63, 3.8) is 0 Å². The number of carbonyl (C=O) groups excluding carboxylic acids is 2. The Morgan fingerprint density at radius 3 is 2.83 bits per heavy atom. The van der Waals surface area contributed by atoms with Crippen molar-refractivity contribution in [3.05, 3.63) is 59.9 Å². The van der Waals surface area contributed by atoms with Crippen LogP contribution in [0.3, 0.4) is 0 Å². The molecule has 0 bridgehead atoms. The summed E-state index contributed by atoms with van der Waals surface area (Å²) in [6.07, 6.45) is 4.64. The fourth-order valence-corrected chi connectivity index (χ4v) is 2.96. The van der Waals surface area contributed by atoms with Crippen molar-refractivity contribution in [1.82, 2.24) is 10.3 Å². The second-order valence-corrected chi connectivity index (χ2v) is 5.88. The summed E-state index contributed by atoms with van der Waals surface area (Å²) in [4.78, 5) is 30.0. The third kappa shape index (κ3) is 3.98. The Morgan fingerprint density at radius 1 is 1.12 bits per heavy atom. The minimum atomic E-state index is -0.0836. The van der Waals surface area contributed by atoms with E-state index in [4.69, 9.17) is 0 Å². The smallest absolute Gasteiger partial charge is 0.220 e. The number of pyridine rings is 1. The highest BCUT2D eigenvalue weighted by Gasteiger charge is 2.17. The lowest BCUT2D eigenvalue weighted by Crippen LogP contribution is -2.34. The molecule has 0 aliphatic carbocycles. The van der Waals surface area contributed by atoms with Crippen molar-refractivity contribution < 1.29 is 9.59 Å². The third-order valence-electron chi connectivity index (χ3n) is 4.25. The second kappa shape index (κ2) is 7.73. The Hall–Kier alpha value is -2.69. The van der Waals surface area contributed by atoms with Crippen LogP contribution in [0.25, 0.3) is 0 Å². The van der Waals surface area contributed by atoms with Gasteiger partial charge < -0.3 is 10.2 Å². The number of hydrogen-bond acceptors (Lipinski definition) is 4. The van der Waals surface area contributed by atoms with Crippen LogP contribution in [0, 0.1) is 0 Å². The van der Waals surface area contributed by atoms with Crippen molar-refractivity contribution in [3.8, 4) is 0 Å². The van der Waals surface area contributed by atoms with Crippen LogP contribution in [0.4, 0.5) is 5.69 Å². The van der Waals surface area contributed by atoms with Gasteiger partial charge in [-0.1, -0.05) is 18.2 Å². The van der Waals surface area contributed by atoms with Gasteiger partial charge in [-0.15, -0.1) is 0 Å². The van der Waals surface area contributed by atoms with E-state index in [9.17, 15) is 9.59 Å². The van der Waals surface area contributed by atoms with E-state index in [0.29, 0.717) is 12.1 Å². The molecular formula is C19H21N3O2. The Labute approximate surface area is 141 Å². The first-order valence-corrected chi connectivity index (χ1v) is 8.27. The van der Waals surface area contributed by atoms with E-state index >= 15 is 0 Å². The highest BCUT2D eigenvalue weighted by molar-refractivity contribution is 5.97. The molecule has 0 atom stereocenters. The van der Waals surface area contributed by atoms with Crippen LogP contribution in [0.15, 0.2) is 48.8 Å². The number of ketones is 1. The van der Waals surface area contributed by atoms with Crippen LogP contribution in [-0.2, 0) is 11.2 Å². The predicted octanol–water partition coefficient (Wildman–Crippen LogP) is 2.22. The Kier molecular flexibility index (Phi) is 5.21. The molecule has 2 heterocycles. The molecule has 1 amide bonds. The van der Waals surface area contributed by atoms with E-state index in [1.807, 2.05) is 6.07 Å². The molecule has 0 fully saturated rings. The standard InChI is InChI=1S/C19H21N3O2/c23-18(16-5-3-10-20-14-16)7-8-19(24)21-11-13-22-12-9-15-4-1-2-6-17(15)22/h1-6,10,14H,7-9,11-13H2,(H,21,24). The largest absolute Gasteiger partial charge is 0.369 e. The van der Waals surface area contributed by atoms with Crippen LogP contribution in [0.1, 0.15) is 28.8 Å². The number of nitrogens with zero attached hydrogens (tertiary/aromatic N) is 2. The first-order chi connectivity index (χ1) is 11.7. The van der Waals surface area contributed by atoms with Gasteiger partial charge in [0, 0.05) is 56.1 Å². The average Bonchev–Trinajstić information content (AvgIpc) is 3.04. The van der Waals surface area contributed by atoms with Crippen molar-refractivity contribution in [1.29, 1.82) is 0 Å². The molecule has 0 spiro atoms. The minimum Gasteiger partial charge on any atom is -0.369 e. The molecule has 1 aliphatic rings. The van der Waals surface area contributed by atoms with Gasteiger partial charge in [-0.05, 0) is 30.2 Å². The maximum Gasteiger partial charge on any atom is 0.220 e. The van der Waals surface area contributed by atoms with Gasteiger partial charge in [0.15, 0.2) is 5.78 Å². The molecule has 0 saturated heterocycles. The maximum absolute atomic E-state index is 11.9. The van der Waals surface area contributed by atoms with Gasteiger partial charge in [0.1, 0.15) is 0 Å². The van der Waals surface area contributed by atoms with Gasteiger partial charge in [0.2, 0.25) is 5.91 Å². The maximum atomic E-state index is 11.9. The van der Waals surface area contributed by atoms with Gasteiger partial charge in [-0.25, -0.2) is 0 Å². The monoisotopic (exact) mass is 323 g/mol. The van der Waals surface area contributed by atoms with E-state index in [1.54, 1.807) is 18.3 Å². The van der Waals surface area contributed by atoms with Crippen LogP contribution in [-0.4, -0.2) is 36.3 Å². The van der Waals surface area contributed by atoms with E-state index in [0.717, 1.165) is 19.5 Å². The molecule has 0 unspecified atom stereocenters. The summed E-state index contributed by atoms with van der Waals surface area (Å²) in [5, 5.41) is 2.90. The normalized spacial score (nSPS) is 12.8. The van der Waals surface area contributed by atoms with Crippen LogP contribution in [0.5, 0.6) is 0 Å². The first kappa shape index (κ1) is 16.2. The molecule has 2 aromatic rings. The van der Waals surface area contributed by atoms with Gasteiger partial charge in [-0.2, -0.15) is 0 Å². The number of fused-ring (bicyclic) bond motifs is 1. The number of Topliss-reactive ketones (excluding diaryl/α,β-unsaturated/α-hetero) is 1. The number of para-hydroxylation sites is 1. The number of amides is 1. The molecule has 0 saturated carbocycles. The SMILES string of the molecule is O=C(CCC(=O)c1cccnc1)NCCN1CCc2ccccc21. The summed E-state index contributed by atoms with van der Waals surface area (Å²) in [6, 6.07) is 11.8. The number of carbonyl (C=O) groups is 2. The fraction of sp³-hybridized carbons (Fsp3) is 0.316. The molecule has 124 valence electrons. The minimum absolute atomic E-state index is 0.0493. The Morgan fingerprint density at radius 2 is 2.00 bits per heavy atom. The van der Waals surface area contributed by atoms with Crippen molar-refractivity contribution >= 4 is 17.4 Å². The van der Waals surface area contributed by atoms with Crippen LogP contribution < -0.4 is 10.2 Å². The topological polar surface area (TPSA) is 62.3 Å². The van der Waals surface area contributed by atoms with Gasteiger partial charge in [0.25, 0.3) is 0 Å². The quantitative estimate of drug-likeness (QED) is 0.794. The van der Waals surface area contributed by atoms with E-state index < -0.39 is 0 Å². The second-order valence-electron chi connectivity index (χ2n) is 5.88. The summed E-state index contributed by atoms with van der Waals surface area (Å²) in [6.45, 7) is 2.38. The van der Waals surface area contributed by atoms with Gasteiger partial charge in [0.05, 0.1) is 0 Å². The average molecular weight is 323 g/mol. The van der Waals surface area contributed by atoms with E-state index in [-0.39, 0.29) is 24.5 Å². The molecule has 1 aromatic carbocycles. The predicted molar refractivity (Wildman–Crippen MR) is 93.2 cm³/mol. The molecule has 3 rings (SSSR count). The van der Waals surface area contributed by atoms with Crippen LogP contribution in [0.2, 0.25) is 0 Å². The molecule has 24 heavy (non-hydrogen) atoms. The summed E-state index contributed by atoms with van der Waals surface area (Å²) < 4.78 is 0. The zero-order chi connectivity index (χ0) is 16.8. The summed E-state index contributed by atoms with van der Waals surface area (Å²) in [5.41, 5.74) is 3.18. The molecule has 5 heteroatoms. The molecule has 0 radical (unpaired) electrons. The van der Waals surface area contributed by atoms with Crippen molar-refractivity contribution in [2.24, 2.45) is 0 Å². The molecule has 5 nitrogen and oxygen atoms in total. The summed E-state index contributed by atoms with van der Waals surface area (Å²) >= 11 is 0. The van der Waals surface area contributed by atoms with E-state index in [2.05, 4.69) is 33.4 Å². The third-order valence-corrected chi connectivity index (χ3v) is 4.25. The van der Waals surface area contributed by atoms with Gasteiger partial charge >= 0.3 is 0 Å². The lowest BCUT2D eigenvalue weighted by Gasteiger charge is -2.19. The van der Waals surface area contributed by atoms with Crippen molar-refractivity contribution in [2.75, 3.05) is 24.5 Å². The lowest BCUT2D eigenvalue weighted by molar-refractivity contribution is -0.121. The van der Waals surface area contributed by atoms with Gasteiger partial charge in [-0.3, -0.25) is 14.6 Å². The number of benzene rings is 1. The summed E-state index contributed by atoms with van der Waals surface area (Å²) in [5.74, 6) is -0.133. The lowest BCUT2D eigenvalue weighted by atomic mass is 10.1. The number of rotatable bonds is 7. The molecule has 1 aromatic heterocycles. The Balaban J connectivity index is 1.38. The zero-order valence-electron chi connectivity index (χ0n) is 13.6. The van der Waals surface area contributed by atoms with Crippen molar-refractivity contribution in [2.45, 2.75) is 19.3 Å². The highest BCUT2D eigenvalue weighted by Crippen LogP contribution is 2.26. The van der Waals surface area contributed by atoms with Crippen LogP contribution >= 0.6 is 0 Å². The molecule has 1 N–H and O–H groups in total. The summed E-state index contributed by atoms with van der Waals surface area (Å²) in [7, 11) is 0.